The van der Waals surface area contributed by atoms with Gasteiger partial charge >= 0.3 is 0 Å². The number of halogens is 1. The highest BCUT2D eigenvalue weighted by Crippen LogP contribution is 2.30. The van der Waals surface area contributed by atoms with E-state index in [1.165, 1.54) is 17.5 Å². The lowest BCUT2D eigenvalue weighted by Gasteiger charge is -2.18. The summed E-state index contributed by atoms with van der Waals surface area (Å²) in [4.78, 5) is 26.1. The van der Waals surface area contributed by atoms with Crippen molar-refractivity contribution in [2.45, 2.75) is 25.7 Å². The fourth-order valence-electron chi connectivity index (χ4n) is 3.19. The number of aryl methyl sites for hydroxylation is 2. The Morgan fingerprint density at radius 1 is 1.36 bits per heavy atom. The summed E-state index contributed by atoms with van der Waals surface area (Å²) in [5.74, 6) is -0.346. The van der Waals surface area contributed by atoms with E-state index in [-0.39, 0.29) is 24.2 Å². The molecule has 4 nitrogen and oxygen atoms in total. The van der Waals surface area contributed by atoms with Crippen molar-refractivity contribution in [1.29, 1.82) is 0 Å². The Labute approximate surface area is 138 Å². The number of hydrogen-bond acceptors (Lipinski definition) is 2. The molecule has 1 atom stereocenters. The maximum atomic E-state index is 12.2. The number of carbonyl (C=O) groups excluding carboxylic acids is 2. The molecule has 2 amide bonds. The van der Waals surface area contributed by atoms with Gasteiger partial charge in [0, 0.05) is 29.7 Å². The summed E-state index contributed by atoms with van der Waals surface area (Å²) in [5, 5.41) is 2.79. The van der Waals surface area contributed by atoms with Gasteiger partial charge in [0.1, 0.15) is 0 Å². The molecule has 1 aromatic carbocycles. The minimum Gasteiger partial charge on any atom is -0.351 e. The third-order valence-corrected chi connectivity index (χ3v) is 4.62. The van der Waals surface area contributed by atoms with Gasteiger partial charge in [-0.05, 0) is 42.5 Å². The number of amides is 2. The Hall–Kier alpha value is -1.62. The lowest BCUT2D eigenvalue weighted by atomic mass is 10.1. The van der Waals surface area contributed by atoms with Crippen LogP contribution in [0.4, 0.5) is 5.69 Å². The maximum absolute atomic E-state index is 12.2. The van der Waals surface area contributed by atoms with Crippen LogP contribution in [0.3, 0.4) is 0 Å². The van der Waals surface area contributed by atoms with E-state index in [1.807, 2.05) is 6.07 Å². The summed E-state index contributed by atoms with van der Waals surface area (Å²) in [6.45, 7) is 4.54. The van der Waals surface area contributed by atoms with E-state index in [4.69, 9.17) is 0 Å². The van der Waals surface area contributed by atoms with Gasteiger partial charge in [-0.25, -0.2) is 0 Å². The molecule has 5 heteroatoms. The van der Waals surface area contributed by atoms with Gasteiger partial charge in [-0.1, -0.05) is 28.6 Å². The van der Waals surface area contributed by atoms with Gasteiger partial charge in [-0.2, -0.15) is 0 Å². The van der Waals surface area contributed by atoms with Crippen molar-refractivity contribution in [3.8, 4) is 0 Å². The highest BCUT2D eigenvalue weighted by atomic mass is 79.9. The standard InChI is InChI=1S/C17H19BrN2O2/c1-11(18)9-19-17(22)14-8-16(21)20(10-14)15-6-5-12-3-2-4-13(12)7-15/h5-7,14H,1-4,8-10H2,(H,19,22)/t14-/m1/s1. The molecule has 3 rings (SSSR count). The molecule has 1 N–H and O–H groups in total. The summed E-state index contributed by atoms with van der Waals surface area (Å²) in [5.41, 5.74) is 3.65. The minimum atomic E-state index is -0.285. The van der Waals surface area contributed by atoms with Crippen molar-refractivity contribution in [3.63, 3.8) is 0 Å². The van der Waals surface area contributed by atoms with Gasteiger partial charge in [0.25, 0.3) is 0 Å². The highest BCUT2D eigenvalue weighted by molar-refractivity contribution is 9.11. The van der Waals surface area contributed by atoms with Crippen LogP contribution in [-0.2, 0) is 22.4 Å². The van der Waals surface area contributed by atoms with Crippen LogP contribution < -0.4 is 10.2 Å². The normalized spacial score (nSPS) is 20.1. The molecule has 1 fully saturated rings. The third kappa shape index (κ3) is 3.09. The number of nitrogens with one attached hydrogen (secondary N) is 1. The van der Waals surface area contributed by atoms with Crippen LogP contribution >= 0.6 is 15.9 Å². The van der Waals surface area contributed by atoms with Crippen molar-refractivity contribution in [2.24, 2.45) is 5.92 Å². The van der Waals surface area contributed by atoms with E-state index in [9.17, 15) is 9.59 Å². The smallest absolute Gasteiger partial charge is 0.227 e. The number of rotatable bonds is 4. The second-order valence-corrected chi connectivity index (χ2v) is 7.07. The Kier molecular flexibility index (Phi) is 4.34. The number of carbonyl (C=O) groups is 2. The molecule has 116 valence electrons. The lowest BCUT2D eigenvalue weighted by Crippen LogP contribution is -2.33. The average Bonchev–Trinajstić information content (AvgIpc) is 3.10. The predicted octanol–water partition coefficient (Wildman–Crippen LogP) is 2.55. The van der Waals surface area contributed by atoms with Crippen molar-refractivity contribution in [2.75, 3.05) is 18.0 Å². The molecule has 22 heavy (non-hydrogen) atoms. The molecule has 1 aromatic rings. The van der Waals surface area contributed by atoms with Crippen LogP contribution in [0.15, 0.2) is 29.3 Å². The van der Waals surface area contributed by atoms with Gasteiger partial charge in [0.2, 0.25) is 11.8 Å². The zero-order chi connectivity index (χ0) is 15.7. The van der Waals surface area contributed by atoms with Gasteiger partial charge in [0.05, 0.1) is 5.92 Å². The molecule has 0 bridgehead atoms. The van der Waals surface area contributed by atoms with Crippen molar-refractivity contribution in [1.82, 2.24) is 5.32 Å². The molecule has 1 aliphatic carbocycles. The van der Waals surface area contributed by atoms with Crippen LogP contribution in [0.2, 0.25) is 0 Å². The zero-order valence-corrected chi connectivity index (χ0v) is 14.0. The summed E-state index contributed by atoms with van der Waals surface area (Å²) in [6, 6.07) is 6.23. The number of fused-ring (bicyclic) bond motifs is 1. The topological polar surface area (TPSA) is 49.4 Å². The average molecular weight is 363 g/mol. The molecular weight excluding hydrogens is 344 g/mol. The first-order valence-electron chi connectivity index (χ1n) is 7.58. The number of nitrogens with zero attached hydrogens (tertiary/aromatic N) is 1. The van der Waals surface area contributed by atoms with Gasteiger partial charge in [-0.3, -0.25) is 9.59 Å². The van der Waals surface area contributed by atoms with Crippen LogP contribution in [0.25, 0.3) is 0 Å². The number of hydrogen-bond donors (Lipinski definition) is 1. The van der Waals surface area contributed by atoms with Crippen molar-refractivity contribution >= 4 is 33.4 Å². The largest absolute Gasteiger partial charge is 0.351 e. The predicted molar refractivity (Wildman–Crippen MR) is 90.0 cm³/mol. The summed E-state index contributed by atoms with van der Waals surface area (Å²) < 4.78 is 0.723. The molecular formula is C17H19BrN2O2. The molecule has 0 saturated carbocycles. The van der Waals surface area contributed by atoms with Crippen LogP contribution in [0.1, 0.15) is 24.0 Å². The first-order chi connectivity index (χ1) is 10.5. The molecule has 1 saturated heterocycles. The molecule has 0 unspecified atom stereocenters. The summed E-state index contributed by atoms with van der Waals surface area (Å²) >= 11 is 3.21. The molecule has 1 heterocycles. The van der Waals surface area contributed by atoms with Gasteiger partial charge in [0.15, 0.2) is 0 Å². The molecule has 1 aliphatic heterocycles. The highest BCUT2D eigenvalue weighted by Gasteiger charge is 2.35. The molecule has 0 aromatic heterocycles. The van der Waals surface area contributed by atoms with Crippen LogP contribution in [0.5, 0.6) is 0 Å². The van der Waals surface area contributed by atoms with Crippen molar-refractivity contribution < 1.29 is 9.59 Å². The van der Waals surface area contributed by atoms with Crippen molar-refractivity contribution in [3.05, 3.63) is 40.4 Å². The first kappa shape index (κ1) is 15.3. The zero-order valence-electron chi connectivity index (χ0n) is 12.4. The van der Waals surface area contributed by atoms with Crippen LogP contribution in [0, 0.1) is 5.92 Å². The Balaban J connectivity index is 1.69. The van der Waals surface area contributed by atoms with E-state index in [0.717, 1.165) is 23.0 Å². The molecule has 2 aliphatic rings. The fraction of sp³-hybridized carbons (Fsp3) is 0.412. The van der Waals surface area contributed by atoms with Gasteiger partial charge < -0.3 is 10.2 Å². The second-order valence-electron chi connectivity index (χ2n) is 5.95. The number of anilines is 1. The third-order valence-electron chi connectivity index (χ3n) is 4.34. The molecule has 0 spiro atoms. The minimum absolute atomic E-state index is 0.0239. The second kappa shape index (κ2) is 6.24. The van der Waals surface area contributed by atoms with Crippen LogP contribution in [-0.4, -0.2) is 24.9 Å². The summed E-state index contributed by atoms with van der Waals surface area (Å²) in [6.07, 6.45) is 3.68. The van der Waals surface area contributed by atoms with E-state index < -0.39 is 0 Å². The molecule has 0 radical (unpaired) electrons. The lowest BCUT2D eigenvalue weighted by molar-refractivity contribution is -0.126. The maximum Gasteiger partial charge on any atom is 0.227 e. The first-order valence-corrected chi connectivity index (χ1v) is 8.37. The number of benzene rings is 1. The van der Waals surface area contributed by atoms with E-state index in [1.54, 1.807) is 4.90 Å². The van der Waals surface area contributed by atoms with E-state index in [0.29, 0.717) is 13.1 Å². The summed E-state index contributed by atoms with van der Waals surface area (Å²) in [7, 11) is 0. The van der Waals surface area contributed by atoms with E-state index in [2.05, 4.69) is 40.0 Å². The fourth-order valence-corrected chi connectivity index (χ4v) is 3.33. The Morgan fingerprint density at radius 2 is 2.14 bits per heavy atom. The Bertz CT molecular complexity index is 642. The van der Waals surface area contributed by atoms with Gasteiger partial charge in [-0.15, -0.1) is 0 Å². The quantitative estimate of drug-likeness (QED) is 0.894. The SMILES string of the molecule is C=C(Br)CNC(=O)[C@@H]1CC(=O)N(c2ccc3c(c2)CCC3)C1. The Morgan fingerprint density at radius 3 is 2.91 bits per heavy atom. The van der Waals surface area contributed by atoms with E-state index >= 15 is 0 Å². The monoisotopic (exact) mass is 362 g/mol.